The Labute approximate surface area is 116 Å². The highest BCUT2D eigenvalue weighted by Gasteiger charge is 2.07. The summed E-state index contributed by atoms with van der Waals surface area (Å²) >= 11 is 0. The topological polar surface area (TPSA) is 85.9 Å². The molecule has 106 valence electrons. The Morgan fingerprint density at radius 1 is 1.35 bits per heavy atom. The molecule has 1 aromatic carbocycles. The first-order valence-corrected chi connectivity index (χ1v) is 6.43. The summed E-state index contributed by atoms with van der Waals surface area (Å²) in [6.07, 6.45) is 1.69. The molecule has 0 spiro atoms. The predicted molar refractivity (Wildman–Crippen MR) is 74.6 cm³/mol. The van der Waals surface area contributed by atoms with Gasteiger partial charge in [0.15, 0.2) is 0 Å². The standard InChI is InChI=1S/C13H17N5O2/c1-10(2)7-14-8-11-9-15-17(16-11)12-3-5-13(6-4-12)18(19)20/h3-6,9-10,14H,7-8H2,1-2H3. The third kappa shape index (κ3) is 3.61. The van der Waals surface area contributed by atoms with Crippen LogP contribution in [0.4, 0.5) is 5.69 Å². The van der Waals surface area contributed by atoms with E-state index in [0.29, 0.717) is 18.2 Å². The lowest BCUT2D eigenvalue weighted by Gasteiger charge is -2.04. The molecule has 0 atom stereocenters. The van der Waals surface area contributed by atoms with Crippen LogP contribution < -0.4 is 5.32 Å². The van der Waals surface area contributed by atoms with E-state index in [1.54, 1.807) is 18.3 Å². The first-order valence-electron chi connectivity index (χ1n) is 6.43. The van der Waals surface area contributed by atoms with E-state index in [4.69, 9.17) is 0 Å². The number of aromatic nitrogens is 3. The Morgan fingerprint density at radius 3 is 2.65 bits per heavy atom. The van der Waals surface area contributed by atoms with Crippen molar-refractivity contribution in [3.05, 3.63) is 46.3 Å². The highest BCUT2D eigenvalue weighted by Crippen LogP contribution is 2.13. The zero-order valence-electron chi connectivity index (χ0n) is 11.5. The van der Waals surface area contributed by atoms with Gasteiger partial charge in [-0.1, -0.05) is 13.8 Å². The Bertz CT molecular complexity index is 577. The van der Waals surface area contributed by atoms with E-state index in [2.05, 4.69) is 29.4 Å². The highest BCUT2D eigenvalue weighted by atomic mass is 16.6. The zero-order valence-corrected chi connectivity index (χ0v) is 11.5. The molecule has 0 radical (unpaired) electrons. The highest BCUT2D eigenvalue weighted by molar-refractivity contribution is 5.39. The minimum atomic E-state index is -0.429. The van der Waals surface area contributed by atoms with Gasteiger partial charge in [-0.15, -0.1) is 0 Å². The molecule has 2 aromatic rings. The molecule has 1 aromatic heterocycles. The van der Waals surface area contributed by atoms with Crippen molar-refractivity contribution in [1.29, 1.82) is 0 Å². The van der Waals surface area contributed by atoms with Crippen molar-refractivity contribution >= 4 is 5.69 Å². The molecular weight excluding hydrogens is 258 g/mol. The third-order valence-electron chi connectivity index (χ3n) is 2.69. The summed E-state index contributed by atoms with van der Waals surface area (Å²) in [5.41, 5.74) is 1.59. The summed E-state index contributed by atoms with van der Waals surface area (Å²) < 4.78 is 0. The van der Waals surface area contributed by atoms with Crippen LogP contribution in [-0.2, 0) is 6.54 Å². The van der Waals surface area contributed by atoms with Gasteiger partial charge in [-0.3, -0.25) is 10.1 Å². The van der Waals surface area contributed by atoms with Gasteiger partial charge in [0.1, 0.15) is 0 Å². The van der Waals surface area contributed by atoms with Crippen molar-refractivity contribution in [3.8, 4) is 5.69 Å². The maximum Gasteiger partial charge on any atom is 0.269 e. The molecule has 0 amide bonds. The van der Waals surface area contributed by atoms with Gasteiger partial charge in [-0.05, 0) is 24.6 Å². The van der Waals surface area contributed by atoms with Crippen LogP contribution in [0.5, 0.6) is 0 Å². The lowest BCUT2D eigenvalue weighted by molar-refractivity contribution is -0.384. The molecule has 0 aliphatic heterocycles. The minimum Gasteiger partial charge on any atom is -0.311 e. The Hall–Kier alpha value is -2.28. The fraction of sp³-hybridized carbons (Fsp3) is 0.385. The van der Waals surface area contributed by atoms with Gasteiger partial charge in [0.25, 0.3) is 5.69 Å². The third-order valence-corrected chi connectivity index (χ3v) is 2.69. The Balaban J connectivity index is 2.02. The summed E-state index contributed by atoms with van der Waals surface area (Å²) in [4.78, 5) is 11.6. The Kier molecular flexibility index (Phi) is 4.41. The normalized spacial score (nSPS) is 10.9. The second-order valence-corrected chi connectivity index (χ2v) is 4.92. The van der Waals surface area contributed by atoms with Crippen LogP contribution in [0.3, 0.4) is 0 Å². The smallest absolute Gasteiger partial charge is 0.269 e. The van der Waals surface area contributed by atoms with E-state index < -0.39 is 4.92 Å². The van der Waals surface area contributed by atoms with Crippen molar-refractivity contribution in [1.82, 2.24) is 20.3 Å². The first-order chi connectivity index (χ1) is 9.56. The maximum atomic E-state index is 10.6. The van der Waals surface area contributed by atoms with Gasteiger partial charge < -0.3 is 5.32 Å². The fourth-order valence-corrected chi connectivity index (χ4v) is 1.70. The second kappa shape index (κ2) is 6.25. The van der Waals surface area contributed by atoms with Crippen molar-refractivity contribution in [2.24, 2.45) is 5.92 Å². The van der Waals surface area contributed by atoms with Gasteiger partial charge in [-0.25, -0.2) is 0 Å². The van der Waals surface area contributed by atoms with Crippen molar-refractivity contribution in [2.45, 2.75) is 20.4 Å². The first kappa shape index (κ1) is 14.1. The van der Waals surface area contributed by atoms with Crippen LogP contribution in [0.15, 0.2) is 30.5 Å². The van der Waals surface area contributed by atoms with E-state index in [1.807, 2.05) is 0 Å². The molecule has 0 fully saturated rings. The van der Waals surface area contributed by atoms with E-state index in [0.717, 1.165) is 12.2 Å². The van der Waals surface area contributed by atoms with E-state index in [1.165, 1.54) is 16.9 Å². The quantitative estimate of drug-likeness (QED) is 0.643. The average Bonchev–Trinajstić information content (AvgIpc) is 2.87. The predicted octanol–water partition coefficient (Wildman–Crippen LogP) is 1.92. The van der Waals surface area contributed by atoms with Crippen molar-refractivity contribution in [2.75, 3.05) is 6.54 Å². The number of rotatable bonds is 6. The summed E-state index contributed by atoms with van der Waals surface area (Å²) in [5, 5.41) is 22.3. The van der Waals surface area contributed by atoms with E-state index in [-0.39, 0.29) is 5.69 Å². The van der Waals surface area contributed by atoms with Crippen LogP contribution in [-0.4, -0.2) is 26.5 Å². The number of nitro groups is 1. The molecule has 0 saturated heterocycles. The molecular formula is C13H17N5O2. The molecule has 1 N–H and O–H groups in total. The number of nitrogens with one attached hydrogen (secondary N) is 1. The molecule has 7 nitrogen and oxygen atoms in total. The van der Waals surface area contributed by atoms with Crippen molar-refractivity contribution in [3.63, 3.8) is 0 Å². The van der Waals surface area contributed by atoms with Crippen molar-refractivity contribution < 1.29 is 4.92 Å². The molecule has 1 heterocycles. The fourth-order valence-electron chi connectivity index (χ4n) is 1.70. The minimum absolute atomic E-state index is 0.0553. The molecule has 0 aliphatic rings. The van der Waals surface area contributed by atoms with Crippen LogP contribution in [0.1, 0.15) is 19.5 Å². The zero-order chi connectivity index (χ0) is 14.5. The largest absolute Gasteiger partial charge is 0.311 e. The monoisotopic (exact) mass is 275 g/mol. The molecule has 0 unspecified atom stereocenters. The average molecular weight is 275 g/mol. The summed E-state index contributed by atoms with van der Waals surface area (Å²) in [7, 11) is 0. The molecule has 0 aliphatic carbocycles. The molecule has 2 rings (SSSR count). The SMILES string of the molecule is CC(C)CNCc1cnn(-c2ccc([N+](=O)[O-])cc2)n1. The number of benzene rings is 1. The Morgan fingerprint density at radius 2 is 2.05 bits per heavy atom. The number of nitrogens with zero attached hydrogens (tertiary/aromatic N) is 4. The number of hydrogen-bond acceptors (Lipinski definition) is 5. The molecule has 7 heteroatoms. The van der Waals surface area contributed by atoms with Crippen LogP contribution in [0, 0.1) is 16.0 Å². The van der Waals surface area contributed by atoms with Crippen LogP contribution >= 0.6 is 0 Å². The van der Waals surface area contributed by atoms with Gasteiger partial charge >= 0.3 is 0 Å². The molecule has 20 heavy (non-hydrogen) atoms. The summed E-state index contributed by atoms with van der Waals surface area (Å²) in [6.45, 7) is 5.86. The van der Waals surface area contributed by atoms with Gasteiger partial charge in [0, 0.05) is 18.7 Å². The maximum absolute atomic E-state index is 10.6. The number of hydrogen-bond donors (Lipinski definition) is 1. The number of nitro benzene ring substituents is 1. The van der Waals surface area contributed by atoms with Gasteiger partial charge in [0.05, 0.1) is 22.5 Å². The lowest BCUT2D eigenvalue weighted by Crippen LogP contribution is -2.19. The second-order valence-electron chi connectivity index (χ2n) is 4.92. The van der Waals surface area contributed by atoms with Crippen LogP contribution in [0.25, 0.3) is 5.69 Å². The van der Waals surface area contributed by atoms with Gasteiger partial charge in [0.2, 0.25) is 0 Å². The van der Waals surface area contributed by atoms with Gasteiger partial charge in [-0.2, -0.15) is 15.0 Å². The number of non-ortho nitro benzene ring substituents is 1. The van der Waals surface area contributed by atoms with E-state index >= 15 is 0 Å². The molecule has 0 saturated carbocycles. The lowest BCUT2D eigenvalue weighted by atomic mass is 10.2. The summed E-state index contributed by atoms with van der Waals surface area (Å²) in [6, 6.07) is 6.14. The van der Waals surface area contributed by atoms with Crippen LogP contribution in [0.2, 0.25) is 0 Å². The van der Waals surface area contributed by atoms with E-state index in [9.17, 15) is 10.1 Å². The summed E-state index contributed by atoms with van der Waals surface area (Å²) in [5.74, 6) is 0.583. The molecule has 0 bridgehead atoms.